The van der Waals surface area contributed by atoms with Gasteiger partial charge in [-0.15, -0.1) is 12.4 Å². The Bertz CT molecular complexity index is 1060. The SMILES string of the molecule is COc1c(N2CC3CCCN[C@@H]3C2)c(F)cc2c(=O)c(C(=O)O)cn(C3CC3)c12.Cl.O. The molecule has 170 valence electrons. The molecule has 0 amide bonds. The van der Waals surface area contributed by atoms with Crippen LogP contribution < -0.4 is 20.4 Å². The van der Waals surface area contributed by atoms with Crippen molar-refractivity contribution in [3.8, 4) is 5.75 Å². The van der Waals surface area contributed by atoms with E-state index in [-0.39, 0.29) is 34.9 Å². The lowest BCUT2D eigenvalue weighted by atomic mass is 9.94. The number of benzene rings is 1. The summed E-state index contributed by atoms with van der Waals surface area (Å²) in [4.78, 5) is 26.4. The van der Waals surface area contributed by atoms with Gasteiger partial charge in [0, 0.05) is 31.4 Å². The second-order valence-corrected chi connectivity index (χ2v) is 8.32. The van der Waals surface area contributed by atoms with Gasteiger partial charge in [-0.2, -0.15) is 0 Å². The standard InChI is InChI=1S/C21H24FN3O4.ClH.H2O/c1-29-20-17-13(19(26)14(21(27)28)9-25(17)12-4-5-12)7-15(22)18(20)24-8-11-3-2-6-23-16(11)10-24;;/h7,9,11-12,16,23H,2-6,8,10H2,1H3,(H,27,28);1H;1H2/t11?,16-;;/m1../s1. The highest BCUT2D eigenvalue weighted by Gasteiger charge is 2.38. The van der Waals surface area contributed by atoms with Crippen molar-refractivity contribution in [1.82, 2.24) is 9.88 Å². The van der Waals surface area contributed by atoms with E-state index >= 15 is 4.39 Å². The number of carboxylic acid groups (broad SMARTS) is 1. The van der Waals surface area contributed by atoms with Gasteiger partial charge in [0.2, 0.25) is 5.43 Å². The normalized spacial score (nSPS) is 22.5. The van der Waals surface area contributed by atoms with E-state index in [0.717, 1.165) is 38.8 Å². The summed E-state index contributed by atoms with van der Waals surface area (Å²) in [5, 5.41) is 13.0. The monoisotopic (exact) mass is 455 g/mol. The number of carbonyl (C=O) groups is 1. The second-order valence-electron chi connectivity index (χ2n) is 8.32. The molecule has 31 heavy (non-hydrogen) atoms. The molecule has 3 fully saturated rings. The van der Waals surface area contributed by atoms with Gasteiger partial charge < -0.3 is 30.1 Å². The fourth-order valence-electron chi connectivity index (χ4n) is 4.95. The molecule has 0 radical (unpaired) electrons. The van der Waals surface area contributed by atoms with Crippen molar-refractivity contribution < 1.29 is 24.5 Å². The highest BCUT2D eigenvalue weighted by atomic mass is 35.5. The first-order valence-electron chi connectivity index (χ1n) is 10.2. The zero-order chi connectivity index (χ0) is 20.3. The molecule has 8 nitrogen and oxygen atoms in total. The number of aromatic nitrogens is 1. The van der Waals surface area contributed by atoms with Gasteiger partial charge in [0.1, 0.15) is 11.3 Å². The summed E-state index contributed by atoms with van der Waals surface area (Å²) in [5.41, 5.74) is -0.155. The average molecular weight is 456 g/mol. The summed E-state index contributed by atoms with van der Waals surface area (Å²) in [6.07, 6.45) is 5.40. The first-order chi connectivity index (χ1) is 14.0. The molecule has 2 saturated heterocycles. The highest BCUT2D eigenvalue weighted by Crippen LogP contribution is 2.45. The smallest absolute Gasteiger partial charge is 0.341 e. The zero-order valence-electron chi connectivity index (χ0n) is 17.2. The van der Waals surface area contributed by atoms with Gasteiger partial charge in [-0.1, -0.05) is 0 Å². The number of anilines is 1. The number of aromatic carboxylic acids is 1. The quantitative estimate of drug-likeness (QED) is 0.728. The van der Waals surface area contributed by atoms with Crippen LogP contribution in [0.5, 0.6) is 5.75 Å². The Hall–Kier alpha value is -2.36. The molecule has 2 aliphatic heterocycles. The summed E-state index contributed by atoms with van der Waals surface area (Å²) in [6.45, 7) is 2.40. The van der Waals surface area contributed by atoms with E-state index in [1.165, 1.54) is 19.4 Å². The van der Waals surface area contributed by atoms with E-state index in [0.29, 0.717) is 35.5 Å². The number of carboxylic acids is 1. The van der Waals surface area contributed by atoms with Gasteiger partial charge in [0.25, 0.3) is 0 Å². The summed E-state index contributed by atoms with van der Waals surface area (Å²) < 4.78 is 22.8. The van der Waals surface area contributed by atoms with Gasteiger partial charge >= 0.3 is 5.97 Å². The van der Waals surface area contributed by atoms with E-state index in [1.807, 2.05) is 4.90 Å². The van der Waals surface area contributed by atoms with Gasteiger partial charge in [-0.05, 0) is 44.2 Å². The average Bonchev–Trinajstić information content (AvgIpc) is 3.45. The van der Waals surface area contributed by atoms with Crippen LogP contribution in [0.25, 0.3) is 10.9 Å². The maximum atomic E-state index is 15.3. The number of pyridine rings is 1. The predicted molar refractivity (Wildman–Crippen MR) is 118 cm³/mol. The maximum Gasteiger partial charge on any atom is 0.341 e. The molecule has 5 rings (SSSR count). The Morgan fingerprint density at radius 2 is 2.03 bits per heavy atom. The zero-order valence-corrected chi connectivity index (χ0v) is 18.0. The molecule has 10 heteroatoms. The number of methoxy groups -OCH3 is 1. The number of halogens is 2. The lowest BCUT2D eigenvalue weighted by Gasteiger charge is -2.25. The Morgan fingerprint density at radius 3 is 2.65 bits per heavy atom. The maximum absolute atomic E-state index is 15.3. The van der Waals surface area contributed by atoms with E-state index in [2.05, 4.69) is 5.32 Å². The minimum atomic E-state index is -1.30. The largest absolute Gasteiger partial charge is 0.492 e. The van der Waals surface area contributed by atoms with E-state index in [4.69, 9.17) is 4.74 Å². The Morgan fingerprint density at radius 1 is 1.29 bits per heavy atom. The second kappa shape index (κ2) is 8.64. The van der Waals surface area contributed by atoms with Crippen molar-refractivity contribution in [2.45, 2.75) is 37.8 Å². The van der Waals surface area contributed by atoms with Crippen LogP contribution in [-0.2, 0) is 0 Å². The molecular formula is C21H27ClFN3O5. The minimum absolute atomic E-state index is 0. The molecule has 2 atom stereocenters. The number of nitrogens with zero attached hydrogens (tertiary/aromatic N) is 2. The molecule has 2 aromatic rings. The number of hydrogen-bond acceptors (Lipinski definition) is 5. The fourth-order valence-corrected chi connectivity index (χ4v) is 4.95. The summed E-state index contributed by atoms with van der Waals surface area (Å²) in [5.74, 6) is -1.07. The number of nitrogens with one attached hydrogen (secondary N) is 1. The molecule has 3 heterocycles. The number of hydrogen-bond donors (Lipinski definition) is 2. The van der Waals surface area contributed by atoms with Crippen LogP contribution in [0.1, 0.15) is 42.1 Å². The van der Waals surface area contributed by atoms with Gasteiger partial charge in [0.15, 0.2) is 11.6 Å². The van der Waals surface area contributed by atoms with Gasteiger partial charge in [-0.3, -0.25) is 4.79 Å². The van der Waals surface area contributed by atoms with E-state index in [9.17, 15) is 14.7 Å². The fraction of sp³-hybridized carbons (Fsp3) is 0.524. The molecule has 1 aromatic heterocycles. The lowest BCUT2D eigenvalue weighted by Crippen LogP contribution is -2.40. The van der Waals surface area contributed by atoms with Crippen LogP contribution in [0.4, 0.5) is 10.1 Å². The molecule has 1 unspecified atom stereocenters. The summed E-state index contributed by atoms with van der Waals surface area (Å²) in [7, 11) is 1.48. The number of piperidine rings is 1. The molecule has 3 aliphatic rings. The molecule has 4 N–H and O–H groups in total. The van der Waals surface area contributed by atoms with Crippen molar-refractivity contribution in [3.63, 3.8) is 0 Å². The van der Waals surface area contributed by atoms with Crippen molar-refractivity contribution in [2.75, 3.05) is 31.6 Å². The van der Waals surface area contributed by atoms with Crippen LogP contribution in [-0.4, -0.2) is 53.9 Å². The third kappa shape index (κ3) is 3.75. The van der Waals surface area contributed by atoms with E-state index in [1.54, 1.807) is 4.57 Å². The highest BCUT2D eigenvalue weighted by molar-refractivity contribution is 5.97. The molecule has 1 saturated carbocycles. The van der Waals surface area contributed by atoms with Crippen molar-refractivity contribution in [3.05, 3.63) is 33.9 Å². The van der Waals surface area contributed by atoms with Crippen molar-refractivity contribution in [1.29, 1.82) is 0 Å². The minimum Gasteiger partial charge on any atom is -0.492 e. The van der Waals surface area contributed by atoms with Crippen LogP contribution in [0.2, 0.25) is 0 Å². The first kappa shape index (κ1) is 23.3. The number of rotatable bonds is 4. The van der Waals surface area contributed by atoms with Crippen LogP contribution in [0.3, 0.4) is 0 Å². The van der Waals surface area contributed by atoms with Crippen LogP contribution in [0, 0.1) is 11.7 Å². The molecule has 0 spiro atoms. The first-order valence-corrected chi connectivity index (χ1v) is 10.2. The number of fused-ring (bicyclic) bond motifs is 2. The topological polar surface area (TPSA) is 115 Å². The third-order valence-electron chi connectivity index (χ3n) is 6.49. The molecule has 1 aromatic carbocycles. The van der Waals surface area contributed by atoms with Gasteiger partial charge in [0.05, 0.1) is 18.0 Å². The lowest BCUT2D eigenvalue weighted by molar-refractivity contribution is 0.0694. The molecular weight excluding hydrogens is 429 g/mol. The number of ether oxygens (including phenoxy) is 1. The Labute approximate surface area is 184 Å². The van der Waals surface area contributed by atoms with E-state index < -0.39 is 17.2 Å². The third-order valence-corrected chi connectivity index (χ3v) is 6.49. The van der Waals surface area contributed by atoms with Crippen molar-refractivity contribution >= 4 is 35.0 Å². The summed E-state index contributed by atoms with van der Waals surface area (Å²) in [6, 6.07) is 1.62. The van der Waals surface area contributed by atoms with Crippen LogP contribution in [0.15, 0.2) is 17.1 Å². The van der Waals surface area contributed by atoms with Crippen LogP contribution >= 0.6 is 12.4 Å². The Balaban J connectivity index is 0.00000136. The summed E-state index contributed by atoms with van der Waals surface area (Å²) >= 11 is 0. The predicted octanol–water partition coefficient (Wildman–Crippen LogP) is 1.97. The van der Waals surface area contributed by atoms with Gasteiger partial charge in [-0.25, -0.2) is 9.18 Å². The Kier molecular flexibility index (Phi) is 6.50. The van der Waals surface area contributed by atoms with Crippen molar-refractivity contribution in [2.24, 2.45) is 5.92 Å². The molecule has 1 aliphatic carbocycles. The molecule has 0 bridgehead atoms.